The Morgan fingerprint density at radius 3 is 2.00 bits per heavy atom. The van der Waals surface area contributed by atoms with E-state index in [-0.39, 0.29) is 17.4 Å². The van der Waals surface area contributed by atoms with Crippen molar-refractivity contribution in [2.75, 3.05) is 0 Å². The molecule has 0 heterocycles. The van der Waals surface area contributed by atoms with Gasteiger partial charge in [0.25, 0.3) is 0 Å². The molecule has 0 aromatic rings. The molecule has 0 aromatic heterocycles. The van der Waals surface area contributed by atoms with Gasteiger partial charge in [-0.25, -0.2) is 0 Å². The Morgan fingerprint density at radius 2 is 1.75 bits per heavy atom. The first-order chi connectivity index (χ1) is 5.24. The SMILES string of the molecule is C=C(C(=O)NC(C)(C)C)C(C)C. The predicted molar refractivity (Wildman–Crippen MR) is 51.9 cm³/mol. The highest BCUT2D eigenvalue weighted by Gasteiger charge is 2.17. The van der Waals surface area contributed by atoms with Crippen molar-refractivity contribution < 1.29 is 4.79 Å². The van der Waals surface area contributed by atoms with Crippen LogP contribution in [0.4, 0.5) is 0 Å². The molecular formula is C10H19NO. The molecule has 70 valence electrons. The Balaban J connectivity index is 4.15. The predicted octanol–water partition coefficient (Wildman–Crippen LogP) is 2.11. The number of carbonyl (C=O) groups is 1. The zero-order valence-corrected chi connectivity index (χ0v) is 8.69. The summed E-state index contributed by atoms with van der Waals surface area (Å²) in [6.45, 7) is 13.5. The third kappa shape index (κ3) is 4.16. The van der Waals surface area contributed by atoms with Crippen LogP contribution in [-0.4, -0.2) is 11.4 Å². The van der Waals surface area contributed by atoms with Crippen molar-refractivity contribution in [3.63, 3.8) is 0 Å². The van der Waals surface area contributed by atoms with E-state index in [1.165, 1.54) is 0 Å². The standard InChI is InChI=1S/C10H19NO/c1-7(2)8(3)9(12)11-10(4,5)6/h7H,3H2,1-2,4-6H3,(H,11,12). The summed E-state index contributed by atoms with van der Waals surface area (Å²) in [7, 11) is 0. The van der Waals surface area contributed by atoms with Gasteiger partial charge in [-0.1, -0.05) is 20.4 Å². The summed E-state index contributed by atoms with van der Waals surface area (Å²) in [5, 5.41) is 2.86. The molecule has 12 heavy (non-hydrogen) atoms. The molecular weight excluding hydrogens is 150 g/mol. The fraction of sp³-hybridized carbons (Fsp3) is 0.700. The van der Waals surface area contributed by atoms with E-state index >= 15 is 0 Å². The first-order valence-electron chi connectivity index (χ1n) is 4.25. The van der Waals surface area contributed by atoms with Gasteiger partial charge in [-0.05, 0) is 26.7 Å². The molecule has 0 rings (SSSR count). The number of carbonyl (C=O) groups excluding carboxylic acids is 1. The van der Waals surface area contributed by atoms with E-state index in [0.717, 1.165) is 0 Å². The Bertz CT molecular complexity index is 187. The monoisotopic (exact) mass is 169 g/mol. The summed E-state index contributed by atoms with van der Waals surface area (Å²) in [6.07, 6.45) is 0. The minimum atomic E-state index is -0.172. The lowest BCUT2D eigenvalue weighted by atomic mass is 10.0. The van der Waals surface area contributed by atoms with E-state index in [4.69, 9.17) is 0 Å². The van der Waals surface area contributed by atoms with Crippen molar-refractivity contribution in [1.82, 2.24) is 5.32 Å². The van der Waals surface area contributed by atoms with Crippen LogP contribution in [0.15, 0.2) is 12.2 Å². The number of hydrogen-bond donors (Lipinski definition) is 1. The van der Waals surface area contributed by atoms with Crippen molar-refractivity contribution in [3.8, 4) is 0 Å². The summed E-state index contributed by atoms with van der Waals surface area (Å²) in [4.78, 5) is 11.4. The molecule has 0 saturated heterocycles. The summed E-state index contributed by atoms with van der Waals surface area (Å²) in [5.74, 6) is 0.171. The number of hydrogen-bond acceptors (Lipinski definition) is 1. The fourth-order valence-corrected chi connectivity index (χ4v) is 0.683. The van der Waals surface area contributed by atoms with Gasteiger partial charge < -0.3 is 5.32 Å². The van der Waals surface area contributed by atoms with E-state index in [9.17, 15) is 4.79 Å². The van der Waals surface area contributed by atoms with E-state index in [1.54, 1.807) is 0 Å². The molecule has 0 saturated carbocycles. The normalized spacial score (nSPS) is 11.5. The van der Waals surface area contributed by atoms with Crippen LogP contribution in [-0.2, 0) is 4.79 Å². The number of rotatable bonds is 2. The van der Waals surface area contributed by atoms with Gasteiger partial charge in [0.05, 0.1) is 0 Å². The highest BCUT2D eigenvalue weighted by atomic mass is 16.1. The number of nitrogens with one attached hydrogen (secondary N) is 1. The molecule has 0 atom stereocenters. The molecule has 0 radical (unpaired) electrons. The smallest absolute Gasteiger partial charge is 0.247 e. The topological polar surface area (TPSA) is 29.1 Å². The van der Waals surface area contributed by atoms with Crippen LogP contribution in [0.25, 0.3) is 0 Å². The molecule has 1 N–H and O–H groups in total. The maximum Gasteiger partial charge on any atom is 0.247 e. The summed E-state index contributed by atoms with van der Waals surface area (Å²) >= 11 is 0. The third-order valence-corrected chi connectivity index (χ3v) is 1.48. The Kier molecular flexibility index (Phi) is 3.50. The van der Waals surface area contributed by atoms with Crippen LogP contribution in [0.5, 0.6) is 0 Å². The van der Waals surface area contributed by atoms with Gasteiger partial charge in [-0.2, -0.15) is 0 Å². The molecule has 0 aliphatic carbocycles. The largest absolute Gasteiger partial charge is 0.348 e. The lowest BCUT2D eigenvalue weighted by molar-refractivity contribution is -0.119. The van der Waals surface area contributed by atoms with Crippen LogP contribution in [0.2, 0.25) is 0 Å². The molecule has 0 aliphatic heterocycles. The fourth-order valence-electron chi connectivity index (χ4n) is 0.683. The van der Waals surface area contributed by atoms with E-state index in [2.05, 4.69) is 11.9 Å². The molecule has 2 heteroatoms. The molecule has 0 unspecified atom stereocenters. The zero-order chi connectivity index (χ0) is 9.94. The van der Waals surface area contributed by atoms with Crippen molar-refractivity contribution in [3.05, 3.63) is 12.2 Å². The Labute approximate surface area is 75.0 Å². The van der Waals surface area contributed by atoms with Crippen molar-refractivity contribution >= 4 is 5.91 Å². The molecule has 0 aliphatic rings. The zero-order valence-electron chi connectivity index (χ0n) is 8.69. The van der Waals surface area contributed by atoms with E-state index < -0.39 is 0 Å². The molecule has 1 amide bonds. The second-order valence-corrected chi connectivity index (χ2v) is 4.38. The minimum absolute atomic E-state index is 0.0440. The van der Waals surface area contributed by atoms with E-state index in [0.29, 0.717) is 5.57 Å². The van der Waals surface area contributed by atoms with Gasteiger partial charge >= 0.3 is 0 Å². The first-order valence-corrected chi connectivity index (χ1v) is 4.25. The van der Waals surface area contributed by atoms with Crippen molar-refractivity contribution in [1.29, 1.82) is 0 Å². The second kappa shape index (κ2) is 3.74. The van der Waals surface area contributed by atoms with Gasteiger partial charge in [0.15, 0.2) is 0 Å². The lowest BCUT2D eigenvalue weighted by Gasteiger charge is -2.22. The summed E-state index contributed by atoms with van der Waals surface area (Å²) < 4.78 is 0. The Hall–Kier alpha value is -0.790. The number of amides is 1. The molecule has 0 spiro atoms. The van der Waals surface area contributed by atoms with Gasteiger partial charge in [-0.15, -0.1) is 0 Å². The molecule has 0 bridgehead atoms. The molecule has 0 fully saturated rings. The first kappa shape index (κ1) is 11.2. The maximum absolute atomic E-state index is 11.4. The van der Waals surface area contributed by atoms with Crippen LogP contribution < -0.4 is 5.32 Å². The quantitative estimate of drug-likeness (QED) is 0.630. The highest BCUT2D eigenvalue weighted by Crippen LogP contribution is 2.08. The summed E-state index contributed by atoms with van der Waals surface area (Å²) in [5.41, 5.74) is 0.472. The van der Waals surface area contributed by atoms with Crippen LogP contribution in [0.3, 0.4) is 0 Å². The van der Waals surface area contributed by atoms with Gasteiger partial charge in [-0.3, -0.25) is 4.79 Å². The van der Waals surface area contributed by atoms with E-state index in [1.807, 2.05) is 34.6 Å². The van der Waals surface area contributed by atoms with Crippen LogP contribution in [0.1, 0.15) is 34.6 Å². The van der Waals surface area contributed by atoms with Crippen molar-refractivity contribution in [2.45, 2.75) is 40.2 Å². The summed E-state index contributed by atoms with van der Waals surface area (Å²) in [6, 6.07) is 0. The van der Waals surface area contributed by atoms with Gasteiger partial charge in [0, 0.05) is 11.1 Å². The Morgan fingerprint density at radius 1 is 1.33 bits per heavy atom. The van der Waals surface area contributed by atoms with Crippen LogP contribution in [0, 0.1) is 5.92 Å². The lowest BCUT2D eigenvalue weighted by Crippen LogP contribution is -2.41. The van der Waals surface area contributed by atoms with Gasteiger partial charge in [0.2, 0.25) is 5.91 Å². The minimum Gasteiger partial charge on any atom is -0.348 e. The van der Waals surface area contributed by atoms with Crippen molar-refractivity contribution in [2.24, 2.45) is 5.92 Å². The average molecular weight is 169 g/mol. The molecule has 2 nitrogen and oxygen atoms in total. The second-order valence-electron chi connectivity index (χ2n) is 4.38. The van der Waals surface area contributed by atoms with Crippen LogP contribution >= 0.6 is 0 Å². The highest BCUT2D eigenvalue weighted by molar-refractivity contribution is 5.93. The average Bonchev–Trinajstić information content (AvgIpc) is 1.82. The molecule has 0 aromatic carbocycles. The third-order valence-electron chi connectivity index (χ3n) is 1.48. The maximum atomic E-state index is 11.4. The van der Waals surface area contributed by atoms with Gasteiger partial charge in [0.1, 0.15) is 0 Å².